The summed E-state index contributed by atoms with van der Waals surface area (Å²) in [6, 6.07) is 2.53. The molecule has 0 aliphatic heterocycles. The van der Waals surface area contributed by atoms with Crippen molar-refractivity contribution in [2.75, 3.05) is 25.5 Å². The Hall–Kier alpha value is -1.28. The van der Waals surface area contributed by atoms with E-state index in [1.807, 2.05) is 0 Å². The maximum Gasteiger partial charge on any atom is 0.416 e. The minimum absolute atomic E-state index is 0.0245. The first-order valence-corrected chi connectivity index (χ1v) is 6.04. The molecular weight excluding hydrogens is 329 g/mol. The highest BCUT2D eigenvalue weighted by atomic mass is 79.9. The van der Waals surface area contributed by atoms with E-state index in [0.29, 0.717) is 0 Å². The molecule has 0 aromatic heterocycles. The zero-order valence-electron chi connectivity index (χ0n) is 9.96. The standard InChI is InChI=1S/C11H12BrF3N2O2/c1-17(2-3-18)10(19)16-9-5-7(11(13,14)15)4-8(12)6-9/h4-6,18H,2-3H2,1H3,(H,16,19). The summed E-state index contributed by atoms with van der Waals surface area (Å²) in [5.41, 5.74) is -0.835. The molecule has 1 rings (SSSR count). The van der Waals surface area contributed by atoms with Crippen molar-refractivity contribution in [3.05, 3.63) is 28.2 Å². The number of carbonyl (C=O) groups is 1. The SMILES string of the molecule is CN(CCO)C(=O)Nc1cc(Br)cc(C(F)(F)F)c1. The van der Waals surface area contributed by atoms with Gasteiger partial charge >= 0.3 is 12.2 Å². The van der Waals surface area contributed by atoms with Gasteiger partial charge in [-0.05, 0) is 18.2 Å². The summed E-state index contributed by atoms with van der Waals surface area (Å²) in [6.07, 6.45) is -4.49. The van der Waals surface area contributed by atoms with Crippen LogP contribution in [0.2, 0.25) is 0 Å². The molecule has 0 fully saturated rings. The Kier molecular flexibility index (Phi) is 5.19. The normalized spacial score (nSPS) is 11.3. The Morgan fingerprint density at radius 2 is 2.05 bits per heavy atom. The summed E-state index contributed by atoms with van der Waals surface area (Å²) in [7, 11) is 1.42. The van der Waals surface area contributed by atoms with Crippen molar-refractivity contribution >= 4 is 27.6 Å². The number of aliphatic hydroxyl groups excluding tert-OH is 1. The highest BCUT2D eigenvalue weighted by Gasteiger charge is 2.31. The Balaban J connectivity index is 2.90. The summed E-state index contributed by atoms with van der Waals surface area (Å²) in [5.74, 6) is 0. The number of hydrogen-bond donors (Lipinski definition) is 2. The second kappa shape index (κ2) is 6.25. The van der Waals surface area contributed by atoms with Gasteiger partial charge < -0.3 is 15.3 Å². The van der Waals surface area contributed by atoms with Gasteiger partial charge in [0, 0.05) is 23.8 Å². The molecule has 0 bridgehead atoms. The smallest absolute Gasteiger partial charge is 0.395 e. The van der Waals surface area contributed by atoms with Crippen LogP contribution in [0, 0.1) is 0 Å². The average Bonchev–Trinajstić information content (AvgIpc) is 2.27. The van der Waals surface area contributed by atoms with Gasteiger partial charge in [-0.3, -0.25) is 0 Å². The highest BCUT2D eigenvalue weighted by Crippen LogP contribution is 2.33. The number of likely N-dealkylation sites (N-methyl/N-ethyl adjacent to an activating group) is 1. The van der Waals surface area contributed by atoms with Gasteiger partial charge in [0.05, 0.1) is 12.2 Å². The van der Waals surface area contributed by atoms with Crippen LogP contribution in [0.5, 0.6) is 0 Å². The third-order valence-electron chi connectivity index (χ3n) is 2.26. The van der Waals surface area contributed by atoms with Crippen molar-refractivity contribution in [2.45, 2.75) is 6.18 Å². The number of amides is 2. The molecule has 0 saturated carbocycles. The average molecular weight is 341 g/mol. The van der Waals surface area contributed by atoms with E-state index in [1.54, 1.807) is 0 Å². The molecule has 0 aliphatic rings. The predicted molar refractivity (Wildman–Crippen MR) is 67.9 cm³/mol. The minimum Gasteiger partial charge on any atom is -0.395 e. The molecule has 106 valence electrons. The van der Waals surface area contributed by atoms with E-state index < -0.39 is 17.8 Å². The van der Waals surface area contributed by atoms with Crippen LogP contribution in [-0.4, -0.2) is 36.2 Å². The molecule has 19 heavy (non-hydrogen) atoms. The van der Waals surface area contributed by atoms with Crippen LogP contribution >= 0.6 is 15.9 Å². The van der Waals surface area contributed by atoms with Crippen LogP contribution in [0.1, 0.15) is 5.56 Å². The molecule has 4 nitrogen and oxygen atoms in total. The number of hydrogen-bond acceptors (Lipinski definition) is 2. The molecule has 0 heterocycles. The Morgan fingerprint density at radius 1 is 1.42 bits per heavy atom. The molecule has 8 heteroatoms. The summed E-state index contributed by atoms with van der Waals surface area (Å²) in [6.45, 7) is -0.137. The first kappa shape index (κ1) is 15.8. The first-order valence-electron chi connectivity index (χ1n) is 5.25. The molecule has 0 unspecified atom stereocenters. The fourth-order valence-electron chi connectivity index (χ4n) is 1.30. The van der Waals surface area contributed by atoms with Gasteiger partial charge in [-0.1, -0.05) is 15.9 Å². The van der Waals surface area contributed by atoms with Gasteiger partial charge in [-0.2, -0.15) is 13.2 Å². The van der Waals surface area contributed by atoms with Crippen molar-refractivity contribution in [1.29, 1.82) is 0 Å². The van der Waals surface area contributed by atoms with E-state index in [1.165, 1.54) is 13.1 Å². The maximum absolute atomic E-state index is 12.6. The predicted octanol–water partition coefficient (Wildman–Crippen LogP) is 2.92. The second-order valence-corrected chi connectivity index (χ2v) is 4.72. The van der Waals surface area contributed by atoms with Crippen molar-refractivity contribution in [3.63, 3.8) is 0 Å². The van der Waals surface area contributed by atoms with Gasteiger partial charge in [0.15, 0.2) is 0 Å². The van der Waals surface area contributed by atoms with Crippen LogP contribution in [0.25, 0.3) is 0 Å². The third-order valence-corrected chi connectivity index (χ3v) is 2.72. The molecule has 1 aromatic carbocycles. The Morgan fingerprint density at radius 3 is 2.58 bits per heavy atom. The number of carbonyl (C=O) groups excluding carboxylic acids is 1. The Labute approximate surface area is 116 Å². The van der Waals surface area contributed by atoms with Crippen LogP contribution in [0.4, 0.5) is 23.7 Å². The van der Waals surface area contributed by atoms with E-state index in [2.05, 4.69) is 21.2 Å². The molecule has 0 radical (unpaired) electrons. The highest BCUT2D eigenvalue weighted by molar-refractivity contribution is 9.10. The lowest BCUT2D eigenvalue weighted by Gasteiger charge is -2.17. The number of rotatable bonds is 3. The lowest BCUT2D eigenvalue weighted by Crippen LogP contribution is -2.33. The zero-order chi connectivity index (χ0) is 14.6. The van der Waals surface area contributed by atoms with Crippen LogP contribution in [0.3, 0.4) is 0 Å². The quantitative estimate of drug-likeness (QED) is 0.888. The fraction of sp³-hybridized carbons (Fsp3) is 0.364. The topological polar surface area (TPSA) is 52.6 Å². The minimum atomic E-state index is -4.49. The number of halogens is 4. The molecular formula is C11H12BrF3N2O2. The van der Waals surface area contributed by atoms with Crippen molar-refractivity contribution in [3.8, 4) is 0 Å². The number of alkyl halides is 3. The lowest BCUT2D eigenvalue weighted by molar-refractivity contribution is -0.137. The van der Waals surface area contributed by atoms with Gasteiger partial charge in [-0.15, -0.1) is 0 Å². The molecule has 2 N–H and O–H groups in total. The number of anilines is 1. The van der Waals surface area contributed by atoms with Crippen molar-refractivity contribution in [2.24, 2.45) is 0 Å². The van der Waals surface area contributed by atoms with E-state index in [4.69, 9.17) is 5.11 Å². The third kappa shape index (κ3) is 4.71. The van der Waals surface area contributed by atoms with Crippen LogP contribution in [-0.2, 0) is 6.18 Å². The van der Waals surface area contributed by atoms with Crippen LogP contribution < -0.4 is 5.32 Å². The monoisotopic (exact) mass is 340 g/mol. The van der Waals surface area contributed by atoms with Gasteiger partial charge in [0.1, 0.15) is 0 Å². The summed E-state index contributed by atoms with van der Waals surface area (Å²) >= 11 is 2.96. The number of urea groups is 1. The zero-order valence-corrected chi connectivity index (χ0v) is 11.5. The van der Waals surface area contributed by atoms with Gasteiger partial charge in [0.2, 0.25) is 0 Å². The molecule has 1 aromatic rings. The number of benzene rings is 1. The molecule has 2 amide bonds. The van der Waals surface area contributed by atoms with E-state index >= 15 is 0 Å². The molecule has 0 saturated heterocycles. The summed E-state index contributed by atoms with van der Waals surface area (Å²) in [4.78, 5) is 12.7. The second-order valence-electron chi connectivity index (χ2n) is 3.80. The van der Waals surface area contributed by atoms with Crippen molar-refractivity contribution < 1.29 is 23.1 Å². The first-order chi connectivity index (χ1) is 8.74. The maximum atomic E-state index is 12.6. The van der Waals surface area contributed by atoms with Gasteiger partial charge in [-0.25, -0.2) is 4.79 Å². The summed E-state index contributed by atoms with van der Waals surface area (Å²) in [5, 5.41) is 11.0. The van der Waals surface area contributed by atoms with E-state index in [0.717, 1.165) is 17.0 Å². The Bertz CT molecular complexity index is 466. The molecule has 0 aliphatic carbocycles. The van der Waals surface area contributed by atoms with Gasteiger partial charge in [0.25, 0.3) is 0 Å². The molecule has 0 spiro atoms. The number of nitrogens with zero attached hydrogens (tertiary/aromatic N) is 1. The fourth-order valence-corrected chi connectivity index (χ4v) is 1.79. The number of nitrogens with one attached hydrogen (secondary N) is 1. The largest absolute Gasteiger partial charge is 0.416 e. The van der Waals surface area contributed by atoms with E-state index in [-0.39, 0.29) is 23.3 Å². The summed E-state index contributed by atoms with van der Waals surface area (Å²) < 4.78 is 38.0. The van der Waals surface area contributed by atoms with Crippen molar-refractivity contribution in [1.82, 2.24) is 4.90 Å². The van der Waals surface area contributed by atoms with E-state index in [9.17, 15) is 18.0 Å². The number of aliphatic hydroxyl groups is 1. The van der Waals surface area contributed by atoms with Crippen LogP contribution in [0.15, 0.2) is 22.7 Å². The lowest BCUT2D eigenvalue weighted by atomic mass is 10.2. The molecule has 0 atom stereocenters.